The van der Waals surface area contributed by atoms with E-state index in [2.05, 4.69) is 6.92 Å². The van der Waals surface area contributed by atoms with Gasteiger partial charge in [0.05, 0.1) is 0 Å². The van der Waals surface area contributed by atoms with E-state index < -0.39 is 12.6 Å². The van der Waals surface area contributed by atoms with Gasteiger partial charge in [0.15, 0.2) is 0 Å². The molecule has 0 fully saturated rings. The molecule has 0 amide bonds. The zero-order valence-corrected chi connectivity index (χ0v) is 7.99. The molecule has 0 saturated heterocycles. The highest BCUT2D eigenvalue weighted by Gasteiger charge is 2.25. The van der Waals surface area contributed by atoms with Crippen LogP contribution in [0.5, 0.6) is 0 Å². The molecule has 0 aromatic heterocycles. The Labute approximate surface area is 77.3 Å². The van der Waals surface area contributed by atoms with Gasteiger partial charge in [-0.15, -0.1) is 0 Å². The van der Waals surface area contributed by atoms with Gasteiger partial charge in [-0.3, -0.25) is 0 Å². The fourth-order valence-corrected chi connectivity index (χ4v) is 0.931. The van der Waals surface area contributed by atoms with Crippen LogP contribution in [-0.2, 0) is 4.74 Å². The van der Waals surface area contributed by atoms with Gasteiger partial charge in [-0.1, -0.05) is 19.8 Å². The maximum Gasteiger partial charge on any atom is 0.389 e. The van der Waals surface area contributed by atoms with Crippen molar-refractivity contribution in [3.05, 3.63) is 0 Å². The molecule has 0 N–H and O–H groups in total. The van der Waals surface area contributed by atoms with Crippen molar-refractivity contribution < 1.29 is 17.9 Å². The highest BCUT2D eigenvalue weighted by atomic mass is 19.4. The highest BCUT2D eigenvalue weighted by molar-refractivity contribution is 4.49. The van der Waals surface area contributed by atoms with E-state index in [1.165, 1.54) is 0 Å². The second-order valence-corrected chi connectivity index (χ2v) is 3.04. The molecule has 1 nitrogen and oxygen atoms in total. The van der Waals surface area contributed by atoms with E-state index in [4.69, 9.17) is 4.74 Å². The number of ether oxygens (including phenoxy) is 1. The standard InChI is InChI=1S/C9H17F3O/c1-2-3-4-7-13-8-5-6-9(10,11)12/h2-8H2,1H3. The minimum Gasteiger partial charge on any atom is -0.381 e. The van der Waals surface area contributed by atoms with Gasteiger partial charge in [0, 0.05) is 19.6 Å². The number of halogens is 3. The van der Waals surface area contributed by atoms with E-state index in [0.29, 0.717) is 6.61 Å². The summed E-state index contributed by atoms with van der Waals surface area (Å²) in [5.74, 6) is 0. The van der Waals surface area contributed by atoms with Crippen molar-refractivity contribution >= 4 is 0 Å². The molecule has 0 radical (unpaired) electrons. The third kappa shape index (κ3) is 11.8. The predicted molar refractivity (Wildman–Crippen MR) is 45.6 cm³/mol. The summed E-state index contributed by atoms with van der Waals surface area (Å²) >= 11 is 0. The zero-order chi connectivity index (χ0) is 10.2. The second kappa shape index (κ2) is 7.18. The van der Waals surface area contributed by atoms with Gasteiger partial charge in [0.25, 0.3) is 0 Å². The minimum absolute atomic E-state index is 0.0790. The second-order valence-electron chi connectivity index (χ2n) is 3.04. The molecule has 0 atom stereocenters. The quantitative estimate of drug-likeness (QED) is 0.568. The van der Waals surface area contributed by atoms with Crippen molar-refractivity contribution in [2.45, 2.75) is 45.2 Å². The zero-order valence-electron chi connectivity index (χ0n) is 7.99. The number of hydrogen-bond donors (Lipinski definition) is 0. The van der Waals surface area contributed by atoms with Gasteiger partial charge < -0.3 is 4.74 Å². The Hall–Kier alpha value is -0.250. The van der Waals surface area contributed by atoms with Gasteiger partial charge in [-0.05, 0) is 12.8 Å². The normalized spacial score (nSPS) is 12.0. The number of rotatable bonds is 7. The van der Waals surface area contributed by atoms with Gasteiger partial charge >= 0.3 is 6.18 Å². The lowest BCUT2D eigenvalue weighted by molar-refractivity contribution is -0.137. The summed E-state index contributed by atoms with van der Waals surface area (Å²) in [6.45, 7) is 2.89. The van der Waals surface area contributed by atoms with Gasteiger partial charge in [-0.25, -0.2) is 0 Å². The first kappa shape index (κ1) is 12.8. The molecule has 0 heterocycles. The minimum atomic E-state index is -4.03. The molecule has 4 heteroatoms. The van der Waals surface area contributed by atoms with Crippen molar-refractivity contribution in [2.75, 3.05) is 13.2 Å². The lowest BCUT2D eigenvalue weighted by atomic mass is 10.3. The van der Waals surface area contributed by atoms with Crippen LogP contribution in [-0.4, -0.2) is 19.4 Å². The topological polar surface area (TPSA) is 9.23 Å². The summed E-state index contributed by atoms with van der Waals surface area (Å²) in [4.78, 5) is 0. The Morgan fingerprint density at radius 2 is 1.62 bits per heavy atom. The first-order valence-corrected chi connectivity index (χ1v) is 4.70. The number of alkyl halides is 3. The van der Waals surface area contributed by atoms with E-state index in [0.717, 1.165) is 19.3 Å². The summed E-state index contributed by atoms with van der Waals surface area (Å²) in [5, 5.41) is 0. The molecule has 0 saturated carbocycles. The molecule has 13 heavy (non-hydrogen) atoms. The van der Waals surface area contributed by atoms with Crippen LogP contribution in [0.15, 0.2) is 0 Å². The Kier molecular flexibility index (Phi) is 7.04. The Morgan fingerprint density at radius 3 is 2.15 bits per heavy atom. The van der Waals surface area contributed by atoms with Gasteiger partial charge in [0.1, 0.15) is 0 Å². The molecule has 0 aliphatic carbocycles. The largest absolute Gasteiger partial charge is 0.389 e. The van der Waals surface area contributed by atoms with Gasteiger partial charge in [-0.2, -0.15) is 13.2 Å². The molecule has 0 aromatic carbocycles. The number of unbranched alkanes of at least 4 members (excludes halogenated alkanes) is 2. The molecule has 0 bridgehead atoms. The van der Waals surface area contributed by atoms with E-state index in [1.807, 2.05) is 0 Å². The molecule has 0 unspecified atom stereocenters. The molecular formula is C9H17F3O. The van der Waals surface area contributed by atoms with Crippen molar-refractivity contribution in [1.82, 2.24) is 0 Å². The fourth-order valence-electron chi connectivity index (χ4n) is 0.931. The molecule has 0 rings (SSSR count). The Balaban J connectivity index is 3.00. The van der Waals surface area contributed by atoms with Crippen LogP contribution in [0.2, 0.25) is 0 Å². The third-order valence-electron chi connectivity index (χ3n) is 1.64. The molecule has 80 valence electrons. The van der Waals surface area contributed by atoms with Crippen LogP contribution in [0.3, 0.4) is 0 Å². The van der Waals surface area contributed by atoms with Crippen molar-refractivity contribution in [2.24, 2.45) is 0 Å². The third-order valence-corrected chi connectivity index (χ3v) is 1.64. The van der Waals surface area contributed by atoms with Crippen LogP contribution in [0, 0.1) is 0 Å². The average Bonchev–Trinajstić information content (AvgIpc) is 2.01. The smallest absolute Gasteiger partial charge is 0.381 e. The van der Waals surface area contributed by atoms with E-state index >= 15 is 0 Å². The van der Waals surface area contributed by atoms with Crippen LogP contribution in [0.25, 0.3) is 0 Å². The predicted octanol–water partition coefficient (Wildman–Crippen LogP) is 3.54. The highest BCUT2D eigenvalue weighted by Crippen LogP contribution is 2.20. The molecule has 0 aromatic rings. The maximum absolute atomic E-state index is 11.6. The summed E-state index contributed by atoms with van der Waals surface area (Å²) in [5.41, 5.74) is 0. The molecule has 0 aliphatic rings. The monoisotopic (exact) mass is 198 g/mol. The molecular weight excluding hydrogens is 181 g/mol. The van der Waals surface area contributed by atoms with E-state index in [1.54, 1.807) is 0 Å². The molecule has 0 spiro atoms. The summed E-state index contributed by atoms with van der Waals surface area (Å²) in [6.07, 6.45) is -1.56. The van der Waals surface area contributed by atoms with Crippen molar-refractivity contribution in [3.8, 4) is 0 Å². The van der Waals surface area contributed by atoms with Crippen LogP contribution >= 0.6 is 0 Å². The average molecular weight is 198 g/mol. The van der Waals surface area contributed by atoms with Crippen molar-refractivity contribution in [1.29, 1.82) is 0 Å². The van der Waals surface area contributed by atoms with Crippen LogP contribution in [0.4, 0.5) is 13.2 Å². The van der Waals surface area contributed by atoms with E-state index in [-0.39, 0.29) is 13.0 Å². The van der Waals surface area contributed by atoms with Crippen LogP contribution in [0.1, 0.15) is 39.0 Å². The summed E-state index contributed by atoms with van der Waals surface area (Å²) in [7, 11) is 0. The van der Waals surface area contributed by atoms with Gasteiger partial charge in [0.2, 0.25) is 0 Å². The first-order chi connectivity index (χ1) is 6.06. The number of hydrogen-bond acceptors (Lipinski definition) is 1. The van der Waals surface area contributed by atoms with Crippen molar-refractivity contribution in [3.63, 3.8) is 0 Å². The SMILES string of the molecule is CCCCCOCCCC(F)(F)F. The Bertz CT molecular complexity index is 112. The molecule has 0 aliphatic heterocycles. The summed E-state index contributed by atoms with van der Waals surface area (Å²) in [6, 6.07) is 0. The maximum atomic E-state index is 11.6. The lowest BCUT2D eigenvalue weighted by Crippen LogP contribution is -2.09. The van der Waals surface area contributed by atoms with E-state index in [9.17, 15) is 13.2 Å². The summed E-state index contributed by atoms with van der Waals surface area (Å²) < 4.78 is 39.9. The lowest BCUT2D eigenvalue weighted by Gasteiger charge is -2.06. The fraction of sp³-hybridized carbons (Fsp3) is 1.00. The van der Waals surface area contributed by atoms with Crippen LogP contribution < -0.4 is 0 Å². The Morgan fingerprint density at radius 1 is 1.00 bits per heavy atom. The first-order valence-electron chi connectivity index (χ1n) is 4.70.